The molecule has 0 heterocycles. The summed E-state index contributed by atoms with van der Waals surface area (Å²) >= 11 is 5.80. The molecule has 1 aromatic rings. The Morgan fingerprint density at radius 2 is 2.15 bits per heavy atom. The van der Waals surface area contributed by atoms with Gasteiger partial charge in [0, 0.05) is 25.1 Å². The van der Waals surface area contributed by atoms with E-state index in [0.29, 0.717) is 23.7 Å². The maximum atomic E-state index is 11.9. The standard InChI is InChI=1S/C13H18ClNO4S/c1-19-7-6-15-13(16)5-8-20(17,18)10-11-3-2-4-12(14)9-11/h2-4,9H,5-8,10H2,1H3,(H,15,16). The van der Waals surface area contributed by atoms with Crippen molar-refractivity contribution in [1.82, 2.24) is 5.32 Å². The molecule has 7 heteroatoms. The Labute approximate surface area is 124 Å². The predicted octanol–water partition coefficient (Wildman–Crippen LogP) is 1.41. The largest absolute Gasteiger partial charge is 0.383 e. The van der Waals surface area contributed by atoms with Crippen LogP contribution in [0, 0.1) is 0 Å². The number of methoxy groups -OCH3 is 1. The molecule has 0 atom stereocenters. The normalized spacial score (nSPS) is 11.3. The summed E-state index contributed by atoms with van der Waals surface area (Å²) in [5, 5.41) is 3.08. The molecule has 0 saturated heterocycles. The molecular formula is C13H18ClNO4S. The van der Waals surface area contributed by atoms with Crippen LogP contribution in [-0.2, 0) is 25.1 Å². The smallest absolute Gasteiger partial charge is 0.221 e. The van der Waals surface area contributed by atoms with Crippen molar-refractivity contribution in [3.8, 4) is 0 Å². The van der Waals surface area contributed by atoms with E-state index in [1.54, 1.807) is 24.3 Å². The summed E-state index contributed by atoms with van der Waals surface area (Å²) in [6, 6.07) is 6.69. The fraction of sp³-hybridized carbons (Fsp3) is 0.462. The topological polar surface area (TPSA) is 72.5 Å². The zero-order valence-corrected chi connectivity index (χ0v) is 12.8. The van der Waals surface area contributed by atoms with Crippen LogP contribution in [0.3, 0.4) is 0 Å². The van der Waals surface area contributed by atoms with Crippen LogP contribution in [-0.4, -0.2) is 40.3 Å². The first-order chi connectivity index (χ1) is 9.43. The minimum absolute atomic E-state index is 0.0490. The van der Waals surface area contributed by atoms with Crippen molar-refractivity contribution in [3.05, 3.63) is 34.9 Å². The molecule has 1 rings (SSSR count). The van der Waals surface area contributed by atoms with Crippen molar-refractivity contribution in [2.75, 3.05) is 26.0 Å². The molecule has 1 amide bonds. The monoisotopic (exact) mass is 319 g/mol. The zero-order chi connectivity index (χ0) is 15.0. The number of carbonyl (C=O) groups excluding carboxylic acids is 1. The average Bonchev–Trinajstić information content (AvgIpc) is 2.36. The molecule has 0 saturated carbocycles. The minimum Gasteiger partial charge on any atom is -0.383 e. The summed E-state index contributed by atoms with van der Waals surface area (Å²) in [7, 11) is -1.80. The number of hydrogen-bond acceptors (Lipinski definition) is 4. The molecule has 20 heavy (non-hydrogen) atoms. The fourth-order valence-corrected chi connectivity index (χ4v) is 3.12. The van der Waals surface area contributed by atoms with Gasteiger partial charge in [0.25, 0.3) is 0 Å². The highest BCUT2D eigenvalue weighted by Gasteiger charge is 2.14. The van der Waals surface area contributed by atoms with Gasteiger partial charge in [-0.1, -0.05) is 23.7 Å². The van der Waals surface area contributed by atoms with E-state index in [2.05, 4.69) is 5.32 Å². The lowest BCUT2D eigenvalue weighted by molar-refractivity contribution is -0.120. The number of halogens is 1. The number of sulfone groups is 1. The molecule has 0 spiro atoms. The van der Waals surface area contributed by atoms with Crippen LogP contribution < -0.4 is 5.32 Å². The van der Waals surface area contributed by atoms with Crippen molar-refractivity contribution in [2.45, 2.75) is 12.2 Å². The first-order valence-corrected chi connectivity index (χ1v) is 8.33. The van der Waals surface area contributed by atoms with E-state index < -0.39 is 9.84 Å². The SMILES string of the molecule is COCCNC(=O)CCS(=O)(=O)Cc1cccc(Cl)c1. The van der Waals surface area contributed by atoms with Gasteiger partial charge in [-0.2, -0.15) is 0 Å². The van der Waals surface area contributed by atoms with Crippen LogP contribution >= 0.6 is 11.6 Å². The van der Waals surface area contributed by atoms with Crippen LogP contribution in [0.1, 0.15) is 12.0 Å². The van der Waals surface area contributed by atoms with Gasteiger partial charge in [0.15, 0.2) is 9.84 Å². The van der Waals surface area contributed by atoms with E-state index in [0.717, 1.165) is 0 Å². The number of rotatable bonds is 8. The lowest BCUT2D eigenvalue weighted by Gasteiger charge is -2.06. The lowest BCUT2D eigenvalue weighted by atomic mass is 10.2. The van der Waals surface area contributed by atoms with E-state index in [1.165, 1.54) is 7.11 Å². The Morgan fingerprint density at radius 3 is 2.80 bits per heavy atom. The summed E-state index contributed by atoms with van der Waals surface area (Å²) in [4.78, 5) is 11.4. The Bertz CT molecular complexity index is 545. The van der Waals surface area contributed by atoms with Crippen LogP contribution in [0.15, 0.2) is 24.3 Å². The molecule has 0 radical (unpaired) electrons. The van der Waals surface area contributed by atoms with Crippen LogP contribution in [0.25, 0.3) is 0 Å². The minimum atomic E-state index is -3.33. The summed E-state index contributed by atoms with van der Waals surface area (Å²) in [5.74, 6) is -0.589. The van der Waals surface area contributed by atoms with Crippen molar-refractivity contribution >= 4 is 27.3 Å². The molecule has 0 bridgehead atoms. The zero-order valence-electron chi connectivity index (χ0n) is 11.3. The van der Waals surface area contributed by atoms with Crippen molar-refractivity contribution in [3.63, 3.8) is 0 Å². The third-order valence-electron chi connectivity index (χ3n) is 2.54. The number of ether oxygens (including phenoxy) is 1. The van der Waals surface area contributed by atoms with Gasteiger partial charge >= 0.3 is 0 Å². The van der Waals surface area contributed by atoms with Gasteiger partial charge < -0.3 is 10.1 Å². The molecule has 5 nitrogen and oxygen atoms in total. The third-order valence-corrected chi connectivity index (χ3v) is 4.38. The Hall–Kier alpha value is -1.11. The Kier molecular flexibility index (Phi) is 6.98. The van der Waals surface area contributed by atoms with Gasteiger partial charge in [0.05, 0.1) is 18.1 Å². The van der Waals surface area contributed by atoms with Crippen LogP contribution in [0.5, 0.6) is 0 Å². The highest BCUT2D eigenvalue weighted by molar-refractivity contribution is 7.90. The lowest BCUT2D eigenvalue weighted by Crippen LogP contribution is -2.28. The van der Waals surface area contributed by atoms with Gasteiger partial charge in [-0.15, -0.1) is 0 Å². The number of carbonyl (C=O) groups is 1. The van der Waals surface area contributed by atoms with E-state index >= 15 is 0 Å². The van der Waals surface area contributed by atoms with Crippen molar-refractivity contribution in [2.24, 2.45) is 0 Å². The van der Waals surface area contributed by atoms with Gasteiger partial charge in [-0.05, 0) is 17.7 Å². The summed E-state index contributed by atoms with van der Waals surface area (Å²) in [6.07, 6.45) is -0.0490. The molecular weight excluding hydrogens is 302 g/mol. The van der Waals surface area contributed by atoms with E-state index in [-0.39, 0.29) is 23.8 Å². The summed E-state index contributed by atoms with van der Waals surface area (Å²) in [5.41, 5.74) is 0.622. The third kappa shape index (κ3) is 6.88. The Morgan fingerprint density at radius 1 is 1.40 bits per heavy atom. The summed E-state index contributed by atoms with van der Waals surface area (Å²) < 4.78 is 28.6. The first-order valence-electron chi connectivity index (χ1n) is 6.13. The van der Waals surface area contributed by atoms with Gasteiger partial charge in [0.1, 0.15) is 0 Å². The number of nitrogens with one attached hydrogen (secondary N) is 1. The quantitative estimate of drug-likeness (QED) is 0.735. The molecule has 0 unspecified atom stereocenters. The maximum absolute atomic E-state index is 11.9. The average molecular weight is 320 g/mol. The number of amides is 1. The maximum Gasteiger partial charge on any atom is 0.221 e. The first kappa shape index (κ1) is 16.9. The molecule has 0 aliphatic carbocycles. The molecule has 0 aromatic heterocycles. The second kappa shape index (κ2) is 8.24. The van der Waals surface area contributed by atoms with Gasteiger partial charge in [-0.25, -0.2) is 8.42 Å². The van der Waals surface area contributed by atoms with Crippen molar-refractivity contribution < 1.29 is 17.9 Å². The molecule has 0 aliphatic rings. The summed E-state index contributed by atoms with van der Waals surface area (Å²) in [6.45, 7) is 0.782. The van der Waals surface area contributed by atoms with Crippen LogP contribution in [0.4, 0.5) is 0 Å². The van der Waals surface area contributed by atoms with Crippen molar-refractivity contribution in [1.29, 1.82) is 0 Å². The second-order valence-electron chi connectivity index (χ2n) is 4.31. The highest BCUT2D eigenvalue weighted by Crippen LogP contribution is 2.14. The molecule has 1 N–H and O–H groups in total. The fourth-order valence-electron chi connectivity index (χ4n) is 1.58. The predicted molar refractivity (Wildman–Crippen MR) is 78.4 cm³/mol. The van der Waals surface area contributed by atoms with Gasteiger partial charge in [-0.3, -0.25) is 4.79 Å². The van der Waals surface area contributed by atoms with E-state index in [9.17, 15) is 13.2 Å². The Balaban J connectivity index is 2.44. The number of hydrogen-bond donors (Lipinski definition) is 1. The molecule has 112 valence electrons. The van der Waals surface area contributed by atoms with Gasteiger partial charge in [0.2, 0.25) is 5.91 Å². The molecule has 1 aromatic carbocycles. The highest BCUT2D eigenvalue weighted by atomic mass is 35.5. The molecule has 0 fully saturated rings. The number of benzene rings is 1. The van der Waals surface area contributed by atoms with E-state index in [1.807, 2.05) is 0 Å². The van der Waals surface area contributed by atoms with E-state index in [4.69, 9.17) is 16.3 Å². The molecule has 0 aliphatic heterocycles. The second-order valence-corrected chi connectivity index (χ2v) is 6.94. The van der Waals surface area contributed by atoms with Crippen LogP contribution in [0.2, 0.25) is 5.02 Å².